The van der Waals surface area contributed by atoms with Crippen LogP contribution >= 0.6 is 0 Å². The second kappa shape index (κ2) is 8.33. The van der Waals surface area contributed by atoms with Crippen LogP contribution in [0.4, 0.5) is 0 Å². The minimum absolute atomic E-state index is 0.0393. The molecule has 0 fully saturated rings. The predicted octanol–water partition coefficient (Wildman–Crippen LogP) is 3.04. The molecule has 148 valence electrons. The van der Waals surface area contributed by atoms with Crippen LogP contribution in [0.15, 0.2) is 36.4 Å². The van der Waals surface area contributed by atoms with Gasteiger partial charge in [-0.15, -0.1) is 0 Å². The highest BCUT2D eigenvalue weighted by Crippen LogP contribution is 2.33. The lowest BCUT2D eigenvalue weighted by atomic mass is 9.98. The summed E-state index contributed by atoms with van der Waals surface area (Å²) in [6.07, 6.45) is 0.745. The lowest BCUT2D eigenvalue weighted by Gasteiger charge is -2.30. The summed E-state index contributed by atoms with van der Waals surface area (Å²) in [5, 5.41) is 2.85. The average molecular weight is 382 g/mol. The van der Waals surface area contributed by atoms with Crippen LogP contribution in [0, 0.1) is 0 Å². The van der Waals surface area contributed by atoms with E-state index in [2.05, 4.69) is 5.32 Å². The van der Waals surface area contributed by atoms with Gasteiger partial charge in [0, 0.05) is 30.3 Å². The van der Waals surface area contributed by atoms with Crippen molar-refractivity contribution >= 4 is 11.8 Å². The number of rotatable bonds is 5. The number of methoxy groups -OCH3 is 2. The zero-order valence-corrected chi connectivity index (χ0v) is 16.7. The van der Waals surface area contributed by atoms with Crippen molar-refractivity contribution in [3.8, 4) is 11.5 Å². The molecular weight excluding hydrogens is 356 g/mol. The van der Waals surface area contributed by atoms with Crippen molar-refractivity contribution in [2.75, 3.05) is 20.8 Å². The number of carbonyl (C=O) groups excluding carboxylic acids is 2. The normalized spacial score (nSPS) is 13.1. The summed E-state index contributed by atoms with van der Waals surface area (Å²) in [7, 11) is 3.22. The van der Waals surface area contributed by atoms with E-state index in [0.717, 1.165) is 17.5 Å². The summed E-state index contributed by atoms with van der Waals surface area (Å²) < 4.78 is 10.7. The van der Waals surface area contributed by atoms with Crippen molar-refractivity contribution in [1.29, 1.82) is 0 Å². The third-order valence-corrected chi connectivity index (χ3v) is 4.80. The van der Waals surface area contributed by atoms with Crippen molar-refractivity contribution in [3.63, 3.8) is 0 Å². The first kappa shape index (κ1) is 19.7. The van der Waals surface area contributed by atoms with Gasteiger partial charge in [0.05, 0.1) is 14.2 Å². The van der Waals surface area contributed by atoms with Crippen LogP contribution < -0.4 is 14.8 Å². The van der Waals surface area contributed by atoms with Gasteiger partial charge in [-0.05, 0) is 61.7 Å². The predicted molar refractivity (Wildman–Crippen MR) is 107 cm³/mol. The monoisotopic (exact) mass is 382 g/mol. The quantitative estimate of drug-likeness (QED) is 0.863. The third kappa shape index (κ3) is 4.11. The molecule has 28 heavy (non-hydrogen) atoms. The Morgan fingerprint density at radius 1 is 1.00 bits per heavy atom. The minimum atomic E-state index is -0.175. The first-order chi connectivity index (χ1) is 13.4. The van der Waals surface area contributed by atoms with Gasteiger partial charge in [0.1, 0.15) is 0 Å². The number of hydrogen-bond donors (Lipinski definition) is 1. The number of benzene rings is 2. The molecule has 0 aromatic heterocycles. The number of amides is 2. The minimum Gasteiger partial charge on any atom is -0.493 e. The van der Waals surface area contributed by atoms with E-state index in [4.69, 9.17) is 9.47 Å². The number of nitrogens with one attached hydrogen (secondary N) is 1. The van der Waals surface area contributed by atoms with E-state index in [1.54, 1.807) is 43.4 Å². The smallest absolute Gasteiger partial charge is 0.254 e. The van der Waals surface area contributed by atoms with Crippen molar-refractivity contribution in [1.82, 2.24) is 10.2 Å². The Kier molecular flexibility index (Phi) is 5.87. The van der Waals surface area contributed by atoms with Crippen LogP contribution in [0.2, 0.25) is 0 Å². The maximum absolute atomic E-state index is 13.0. The lowest BCUT2D eigenvalue weighted by molar-refractivity contribution is 0.0734. The second-order valence-electron chi connectivity index (χ2n) is 7.16. The Morgan fingerprint density at radius 3 is 2.29 bits per heavy atom. The van der Waals surface area contributed by atoms with Gasteiger partial charge >= 0.3 is 0 Å². The van der Waals surface area contributed by atoms with Crippen LogP contribution in [0.5, 0.6) is 11.5 Å². The van der Waals surface area contributed by atoms with Crippen molar-refractivity contribution < 1.29 is 19.1 Å². The van der Waals surface area contributed by atoms with Gasteiger partial charge in [-0.1, -0.05) is 6.07 Å². The Bertz CT molecular complexity index is 892. The molecule has 0 aliphatic carbocycles. The first-order valence-corrected chi connectivity index (χ1v) is 9.37. The molecule has 0 bridgehead atoms. The summed E-state index contributed by atoms with van der Waals surface area (Å²) in [5.41, 5.74) is 3.21. The van der Waals surface area contributed by atoms with E-state index in [9.17, 15) is 9.59 Å². The standard InChI is InChI=1S/C22H26N2O4/c1-14(2)23-21(25)16-6-5-7-17(10-16)22(26)24-9-8-15-11-19(27-3)20(28-4)12-18(15)13-24/h5-7,10-12,14H,8-9,13H2,1-4H3,(H,23,25). The summed E-state index contributed by atoms with van der Waals surface area (Å²) in [5.74, 6) is 1.10. The summed E-state index contributed by atoms with van der Waals surface area (Å²) in [6.45, 7) is 4.92. The largest absolute Gasteiger partial charge is 0.493 e. The van der Waals surface area contributed by atoms with Crippen LogP contribution in [-0.2, 0) is 13.0 Å². The highest BCUT2D eigenvalue weighted by molar-refractivity contribution is 5.99. The topological polar surface area (TPSA) is 67.9 Å². The van der Waals surface area contributed by atoms with Crippen LogP contribution in [0.25, 0.3) is 0 Å². The highest BCUT2D eigenvalue weighted by Gasteiger charge is 2.24. The molecule has 0 atom stereocenters. The highest BCUT2D eigenvalue weighted by atomic mass is 16.5. The molecule has 6 heteroatoms. The summed E-state index contributed by atoms with van der Waals surface area (Å²) in [4.78, 5) is 27.1. The Balaban J connectivity index is 1.80. The van der Waals surface area contributed by atoms with E-state index in [1.807, 2.05) is 26.0 Å². The number of hydrogen-bond acceptors (Lipinski definition) is 4. The zero-order chi connectivity index (χ0) is 20.3. The molecule has 2 aromatic carbocycles. The number of nitrogens with zero attached hydrogens (tertiary/aromatic N) is 1. The number of ether oxygens (including phenoxy) is 2. The first-order valence-electron chi connectivity index (χ1n) is 9.37. The number of fused-ring (bicyclic) bond motifs is 1. The fourth-order valence-electron chi connectivity index (χ4n) is 3.38. The fraction of sp³-hybridized carbons (Fsp3) is 0.364. The molecule has 0 saturated carbocycles. The van der Waals surface area contributed by atoms with Gasteiger partial charge in [0.15, 0.2) is 11.5 Å². The van der Waals surface area contributed by atoms with Crippen molar-refractivity contribution in [2.24, 2.45) is 0 Å². The average Bonchev–Trinajstić information content (AvgIpc) is 2.71. The van der Waals surface area contributed by atoms with E-state index in [0.29, 0.717) is 35.7 Å². The molecule has 0 saturated heterocycles. The van der Waals surface area contributed by atoms with Crippen LogP contribution in [-0.4, -0.2) is 43.5 Å². The molecule has 2 aromatic rings. The van der Waals surface area contributed by atoms with Crippen LogP contribution in [0.1, 0.15) is 45.7 Å². The molecule has 1 N–H and O–H groups in total. The molecule has 1 aliphatic heterocycles. The van der Waals surface area contributed by atoms with Crippen molar-refractivity contribution in [3.05, 3.63) is 58.7 Å². The summed E-state index contributed by atoms with van der Waals surface area (Å²) >= 11 is 0. The molecular formula is C22H26N2O4. The van der Waals surface area contributed by atoms with Crippen LogP contribution in [0.3, 0.4) is 0 Å². The maximum atomic E-state index is 13.0. The van der Waals surface area contributed by atoms with E-state index in [-0.39, 0.29) is 17.9 Å². The molecule has 1 heterocycles. The molecule has 0 spiro atoms. The Hall–Kier alpha value is -3.02. The SMILES string of the molecule is COc1cc2c(cc1OC)CN(C(=O)c1cccc(C(=O)NC(C)C)c1)CC2. The van der Waals surface area contributed by atoms with Gasteiger partial charge in [-0.3, -0.25) is 9.59 Å². The molecule has 1 aliphatic rings. The van der Waals surface area contributed by atoms with Gasteiger partial charge < -0.3 is 19.7 Å². The van der Waals surface area contributed by atoms with E-state index in [1.165, 1.54) is 0 Å². The van der Waals surface area contributed by atoms with Gasteiger partial charge in [-0.2, -0.15) is 0 Å². The Morgan fingerprint density at radius 2 is 1.64 bits per heavy atom. The molecule has 0 radical (unpaired) electrons. The van der Waals surface area contributed by atoms with Gasteiger partial charge in [0.25, 0.3) is 11.8 Å². The Labute approximate surface area is 165 Å². The van der Waals surface area contributed by atoms with Gasteiger partial charge in [0.2, 0.25) is 0 Å². The van der Waals surface area contributed by atoms with E-state index >= 15 is 0 Å². The van der Waals surface area contributed by atoms with Gasteiger partial charge in [-0.25, -0.2) is 0 Å². The number of carbonyl (C=O) groups is 2. The molecule has 6 nitrogen and oxygen atoms in total. The third-order valence-electron chi connectivity index (χ3n) is 4.80. The lowest BCUT2D eigenvalue weighted by Crippen LogP contribution is -2.36. The molecule has 2 amide bonds. The zero-order valence-electron chi connectivity index (χ0n) is 16.7. The molecule has 3 rings (SSSR count). The summed E-state index contributed by atoms with van der Waals surface area (Å²) in [6, 6.07) is 10.8. The second-order valence-corrected chi connectivity index (χ2v) is 7.16. The fourth-order valence-corrected chi connectivity index (χ4v) is 3.38. The van der Waals surface area contributed by atoms with Crippen molar-refractivity contribution in [2.45, 2.75) is 32.9 Å². The van der Waals surface area contributed by atoms with E-state index < -0.39 is 0 Å². The maximum Gasteiger partial charge on any atom is 0.254 e. The molecule has 0 unspecified atom stereocenters.